The number of carbonyl (C=O) groups excluding carboxylic acids is 2. The molecule has 1 aromatic rings. The molecule has 0 aromatic heterocycles. The third-order valence-corrected chi connectivity index (χ3v) is 7.06. The van der Waals surface area contributed by atoms with Crippen LogP contribution in [0.4, 0.5) is 0 Å². The molecule has 0 amide bonds. The van der Waals surface area contributed by atoms with E-state index in [-0.39, 0.29) is 25.2 Å². The average molecular weight is 543 g/mol. The average Bonchev–Trinajstić information content (AvgIpc) is 2.86. The summed E-state index contributed by atoms with van der Waals surface area (Å²) in [6, 6.07) is 8.44. The summed E-state index contributed by atoms with van der Waals surface area (Å²) in [7, 11) is 1.70. The van der Waals surface area contributed by atoms with Crippen LogP contribution in [-0.2, 0) is 36.8 Å². The Morgan fingerprint density at radius 3 is 2.67 bits per heavy atom. The molecule has 0 radical (unpaired) electrons. The van der Waals surface area contributed by atoms with Crippen molar-refractivity contribution in [3.05, 3.63) is 71.3 Å². The standard InChI is InChI=1S/C32H46O7/c1-22(13-15-26-11-8-12-27(19-26)21-37-6)9-7-10-23(2)31-24(3)14-16-29(38-25(4)33)32(5,36)18-17-28(34)20-30(35)39-31/h7-12,14,16,19,22,24,28-29,31,34,36H,13,15,17-18,20-21H2,1-6H3/b9-7+,16-14+,23-10+/t22?,24-,28+,29-,31+,32+/m0/s1. The molecule has 0 aliphatic carbocycles. The van der Waals surface area contributed by atoms with Gasteiger partial charge in [-0.1, -0.05) is 62.4 Å². The third kappa shape index (κ3) is 11.5. The minimum absolute atomic E-state index is 0.155. The lowest BCUT2D eigenvalue weighted by Gasteiger charge is -2.32. The fraction of sp³-hybridized carbons (Fsp3) is 0.562. The SMILES string of the molecule is COCc1cccc(CCC(C)/C=C/C=C(\C)[C@H]2OC(=O)C[C@H](O)CC[C@@](C)(O)[C@@H](OC(C)=O)/C=C/[C@@H]2C)c1. The number of benzene rings is 1. The highest BCUT2D eigenvalue weighted by molar-refractivity contribution is 5.70. The Bertz CT molecular complexity index is 1020. The summed E-state index contributed by atoms with van der Waals surface area (Å²) in [6.45, 7) is 9.44. The van der Waals surface area contributed by atoms with Gasteiger partial charge in [-0.25, -0.2) is 0 Å². The summed E-state index contributed by atoms with van der Waals surface area (Å²) in [5, 5.41) is 21.3. The molecule has 1 unspecified atom stereocenters. The molecule has 1 heterocycles. The lowest BCUT2D eigenvalue weighted by Crippen LogP contribution is -2.42. The molecule has 0 fully saturated rings. The summed E-state index contributed by atoms with van der Waals surface area (Å²) in [6.07, 6.45) is 9.19. The number of methoxy groups -OCH3 is 1. The van der Waals surface area contributed by atoms with Gasteiger partial charge in [-0.05, 0) is 68.2 Å². The Morgan fingerprint density at radius 2 is 1.97 bits per heavy atom. The molecular weight excluding hydrogens is 496 g/mol. The second-order valence-electron chi connectivity index (χ2n) is 11.0. The van der Waals surface area contributed by atoms with E-state index in [0.29, 0.717) is 12.5 Å². The Hall–Kier alpha value is -2.74. The van der Waals surface area contributed by atoms with Crippen molar-refractivity contribution in [2.45, 2.75) is 97.2 Å². The number of rotatable bonds is 9. The van der Waals surface area contributed by atoms with E-state index in [1.165, 1.54) is 18.1 Å². The predicted octanol–water partition coefficient (Wildman–Crippen LogP) is 5.24. The van der Waals surface area contributed by atoms with Gasteiger partial charge in [0.25, 0.3) is 0 Å². The van der Waals surface area contributed by atoms with Gasteiger partial charge in [0, 0.05) is 20.0 Å². The van der Waals surface area contributed by atoms with Crippen LogP contribution in [-0.4, -0.2) is 53.2 Å². The van der Waals surface area contributed by atoms with Crippen LogP contribution in [0.1, 0.15) is 71.4 Å². The minimum Gasteiger partial charge on any atom is -0.457 e. The van der Waals surface area contributed by atoms with Crippen molar-refractivity contribution in [3.8, 4) is 0 Å². The Kier molecular flexibility index (Phi) is 13.1. The summed E-state index contributed by atoms with van der Waals surface area (Å²) in [5.41, 5.74) is 1.90. The van der Waals surface area contributed by atoms with Crippen molar-refractivity contribution >= 4 is 11.9 Å². The third-order valence-electron chi connectivity index (χ3n) is 7.06. The highest BCUT2D eigenvalue weighted by Crippen LogP contribution is 2.27. The first-order valence-electron chi connectivity index (χ1n) is 13.8. The number of hydrogen-bond donors (Lipinski definition) is 2. The number of carbonyl (C=O) groups is 2. The molecular formula is C32H46O7. The van der Waals surface area contributed by atoms with Gasteiger partial charge >= 0.3 is 11.9 Å². The van der Waals surface area contributed by atoms with Crippen molar-refractivity contribution in [2.24, 2.45) is 11.8 Å². The highest BCUT2D eigenvalue weighted by Gasteiger charge is 2.35. The van der Waals surface area contributed by atoms with Gasteiger partial charge < -0.3 is 24.4 Å². The van der Waals surface area contributed by atoms with Crippen LogP contribution in [0.2, 0.25) is 0 Å². The minimum atomic E-state index is -1.39. The maximum atomic E-state index is 12.6. The topological polar surface area (TPSA) is 102 Å². The first kappa shape index (κ1) is 32.5. The van der Waals surface area contributed by atoms with Crippen molar-refractivity contribution in [1.29, 1.82) is 0 Å². The lowest BCUT2D eigenvalue weighted by molar-refractivity contribution is -0.157. The number of aliphatic hydroxyl groups excluding tert-OH is 1. The molecule has 6 atom stereocenters. The molecule has 0 bridgehead atoms. The van der Waals surface area contributed by atoms with Crippen molar-refractivity contribution in [1.82, 2.24) is 0 Å². The number of ether oxygens (including phenoxy) is 3. The first-order valence-corrected chi connectivity index (χ1v) is 13.8. The van der Waals surface area contributed by atoms with Crippen LogP contribution in [0.15, 0.2) is 60.2 Å². The van der Waals surface area contributed by atoms with E-state index in [2.05, 4.69) is 37.3 Å². The smallest absolute Gasteiger partial charge is 0.309 e. The van der Waals surface area contributed by atoms with Gasteiger partial charge in [0.15, 0.2) is 0 Å². The summed E-state index contributed by atoms with van der Waals surface area (Å²) in [5.74, 6) is -0.921. The fourth-order valence-corrected chi connectivity index (χ4v) is 4.65. The van der Waals surface area contributed by atoms with Gasteiger partial charge in [-0.3, -0.25) is 9.59 Å². The molecule has 216 valence electrons. The van der Waals surface area contributed by atoms with E-state index in [0.717, 1.165) is 18.4 Å². The Labute approximate surface area is 233 Å². The molecule has 39 heavy (non-hydrogen) atoms. The van der Waals surface area contributed by atoms with E-state index in [4.69, 9.17) is 14.2 Å². The van der Waals surface area contributed by atoms with E-state index in [9.17, 15) is 19.8 Å². The second kappa shape index (κ2) is 15.8. The van der Waals surface area contributed by atoms with Crippen LogP contribution in [0.3, 0.4) is 0 Å². The van der Waals surface area contributed by atoms with Gasteiger partial charge in [0.1, 0.15) is 17.8 Å². The molecule has 2 N–H and O–H groups in total. The maximum Gasteiger partial charge on any atom is 0.309 e. The van der Waals surface area contributed by atoms with Crippen LogP contribution >= 0.6 is 0 Å². The number of aryl methyl sites for hydroxylation is 1. The zero-order chi connectivity index (χ0) is 29.0. The highest BCUT2D eigenvalue weighted by atomic mass is 16.6. The van der Waals surface area contributed by atoms with E-state index >= 15 is 0 Å². The Morgan fingerprint density at radius 1 is 1.26 bits per heavy atom. The molecule has 0 saturated heterocycles. The van der Waals surface area contributed by atoms with Crippen LogP contribution < -0.4 is 0 Å². The molecule has 1 aliphatic rings. The van der Waals surface area contributed by atoms with Crippen molar-refractivity contribution in [3.63, 3.8) is 0 Å². The predicted molar refractivity (Wildman–Crippen MR) is 152 cm³/mol. The van der Waals surface area contributed by atoms with E-state index in [1.807, 2.05) is 26.0 Å². The Balaban J connectivity index is 2.14. The monoisotopic (exact) mass is 542 g/mol. The van der Waals surface area contributed by atoms with Crippen LogP contribution in [0, 0.1) is 11.8 Å². The van der Waals surface area contributed by atoms with Crippen LogP contribution in [0.25, 0.3) is 0 Å². The molecule has 1 aliphatic heterocycles. The molecule has 0 saturated carbocycles. The molecule has 7 heteroatoms. The zero-order valence-corrected chi connectivity index (χ0v) is 24.3. The maximum absolute atomic E-state index is 12.6. The van der Waals surface area contributed by atoms with Gasteiger partial charge in [-0.2, -0.15) is 0 Å². The number of allylic oxidation sites excluding steroid dienone is 3. The molecule has 2 rings (SSSR count). The summed E-state index contributed by atoms with van der Waals surface area (Å²) in [4.78, 5) is 24.3. The van der Waals surface area contributed by atoms with Crippen molar-refractivity contribution in [2.75, 3.05) is 7.11 Å². The molecule has 1 aromatic carbocycles. The van der Waals surface area contributed by atoms with E-state index < -0.39 is 35.9 Å². The quantitative estimate of drug-likeness (QED) is 0.250. The number of cyclic esters (lactones) is 1. The van der Waals surface area contributed by atoms with Gasteiger partial charge in [-0.15, -0.1) is 0 Å². The lowest BCUT2D eigenvalue weighted by atomic mass is 9.88. The summed E-state index contributed by atoms with van der Waals surface area (Å²) < 4.78 is 16.4. The zero-order valence-electron chi connectivity index (χ0n) is 24.3. The van der Waals surface area contributed by atoms with E-state index in [1.54, 1.807) is 26.2 Å². The fourth-order valence-electron chi connectivity index (χ4n) is 4.65. The van der Waals surface area contributed by atoms with Gasteiger partial charge in [0.2, 0.25) is 0 Å². The first-order chi connectivity index (χ1) is 18.4. The molecule has 7 nitrogen and oxygen atoms in total. The van der Waals surface area contributed by atoms with Crippen molar-refractivity contribution < 1.29 is 34.0 Å². The van der Waals surface area contributed by atoms with Gasteiger partial charge in [0.05, 0.1) is 19.1 Å². The number of aliphatic hydroxyl groups is 2. The summed E-state index contributed by atoms with van der Waals surface area (Å²) >= 11 is 0. The largest absolute Gasteiger partial charge is 0.457 e. The molecule has 0 spiro atoms. The number of hydrogen-bond acceptors (Lipinski definition) is 7. The van der Waals surface area contributed by atoms with Crippen LogP contribution in [0.5, 0.6) is 0 Å². The second-order valence-corrected chi connectivity index (χ2v) is 11.0. The normalized spacial score (nSPS) is 28.7. The number of esters is 2.